The van der Waals surface area contributed by atoms with Crippen molar-refractivity contribution in [2.24, 2.45) is 0 Å². The van der Waals surface area contributed by atoms with Crippen molar-refractivity contribution < 1.29 is 24.6 Å². The average Bonchev–Trinajstić information content (AvgIpc) is 2.84. The van der Waals surface area contributed by atoms with Gasteiger partial charge in [0.2, 0.25) is 0 Å². The second-order valence-corrected chi connectivity index (χ2v) is 9.67. The van der Waals surface area contributed by atoms with Gasteiger partial charge in [0, 0.05) is 12.8 Å². The van der Waals surface area contributed by atoms with Crippen LogP contribution in [0.1, 0.15) is 96.6 Å². The summed E-state index contributed by atoms with van der Waals surface area (Å²) >= 11 is 0. The quantitative estimate of drug-likeness (QED) is 0.247. The molecule has 0 amide bonds. The lowest BCUT2D eigenvalue weighted by atomic mass is 9.78. The molecule has 0 aromatic heterocycles. The third kappa shape index (κ3) is 8.65. The fourth-order valence-corrected chi connectivity index (χ4v) is 4.44. The van der Waals surface area contributed by atoms with E-state index in [4.69, 9.17) is 0 Å². The molecule has 35 heavy (non-hydrogen) atoms. The van der Waals surface area contributed by atoms with Gasteiger partial charge in [-0.2, -0.15) is 0 Å². The first-order valence-electron chi connectivity index (χ1n) is 12.3. The lowest BCUT2D eigenvalue weighted by Gasteiger charge is -2.25. The Morgan fingerprint density at radius 3 is 1.26 bits per heavy atom. The zero-order chi connectivity index (χ0) is 25.0. The lowest BCUT2D eigenvalue weighted by molar-refractivity contribution is -0.144. The van der Waals surface area contributed by atoms with Crippen molar-refractivity contribution in [3.05, 3.63) is 71.8 Å². The Labute approximate surface area is 210 Å². The van der Waals surface area contributed by atoms with E-state index in [1.54, 1.807) is 13.8 Å². The molecule has 5 nitrogen and oxygen atoms in total. The molecule has 0 saturated carbocycles. The van der Waals surface area contributed by atoms with Gasteiger partial charge in [0.05, 0.1) is 10.8 Å². The number of aliphatic carboxylic acids is 2. The summed E-state index contributed by atoms with van der Waals surface area (Å²) in [6.07, 6.45) is 6.86. The highest BCUT2D eigenvalue weighted by Gasteiger charge is 2.35. The Bertz CT molecular complexity index is 849. The number of carbonyl (C=O) groups excluding carboxylic acids is 1. The molecule has 2 unspecified atom stereocenters. The van der Waals surface area contributed by atoms with Crippen LogP contribution in [-0.4, -0.2) is 27.9 Å². The summed E-state index contributed by atoms with van der Waals surface area (Å²) in [4.78, 5) is 36.0. The molecule has 0 radical (unpaired) electrons. The predicted octanol–water partition coefficient (Wildman–Crippen LogP) is 7.18. The molecule has 2 atom stereocenters. The average molecular weight is 483 g/mol. The van der Waals surface area contributed by atoms with Crippen LogP contribution in [0.25, 0.3) is 0 Å². The third-order valence-electron chi connectivity index (χ3n) is 7.03. The maximum atomic E-state index is 12.2. The van der Waals surface area contributed by atoms with Gasteiger partial charge in [-0.05, 0) is 50.7 Å². The molecule has 0 bridgehead atoms. The molecule has 2 N–H and O–H groups in total. The van der Waals surface area contributed by atoms with Crippen molar-refractivity contribution in [3.8, 4) is 0 Å². The number of carbonyl (C=O) groups is 3. The fraction of sp³-hybridized carbons (Fsp3) is 0.500. The molecule has 0 aliphatic carbocycles. The molecule has 2 rings (SSSR count). The highest BCUT2D eigenvalue weighted by atomic mass is 16.4. The van der Waals surface area contributed by atoms with E-state index in [0.717, 1.165) is 49.7 Å². The van der Waals surface area contributed by atoms with E-state index in [9.17, 15) is 24.6 Å². The van der Waals surface area contributed by atoms with Crippen molar-refractivity contribution >= 4 is 17.7 Å². The van der Waals surface area contributed by atoms with Gasteiger partial charge in [0.25, 0.3) is 0 Å². The maximum absolute atomic E-state index is 12.2. The maximum Gasteiger partial charge on any atom is 0.313 e. The van der Waals surface area contributed by atoms with Crippen LogP contribution in [0.5, 0.6) is 0 Å². The highest BCUT2D eigenvalue weighted by molar-refractivity contribution is 5.81. The number of rotatable bonds is 16. The van der Waals surface area contributed by atoms with Gasteiger partial charge >= 0.3 is 11.9 Å². The van der Waals surface area contributed by atoms with Crippen LogP contribution in [0.15, 0.2) is 60.7 Å². The minimum absolute atomic E-state index is 0. The van der Waals surface area contributed by atoms with Gasteiger partial charge < -0.3 is 10.2 Å². The molecule has 0 aliphatic rings. The van der Waals surface area contributed by atoms with E-state index in [-0.39, 0.29) is 13.2 Å². The number of carboxylic acids is 2. The molecule has 0 fully saturated rings. The smallest absolute Gasteiger partial charge is 0.313 e. The second kappa shape index (κ2) is 14.4. The Kier molecular flexibility index (Phi) is 12.4. The molecule has 192 valence electrons. The number of ketones is 1. The summed E-state index contributed by atoms with van der Waals surface area (Å²) in [5.74, 6) is -1.41. The monoisotopic (exact) mass is 482 g/mol. The first kappa shape index (κ1) is 30.1. The zero-order valence-corrected chi connectivity index (χ0v) is 20.5. The topological polar surface area (TPSA) is 91.7 Å². The van der Waals surface area contributed by atoms with Gasteiger partial charge in [-0.15, -0.1) is 0 Å². The summed E-state index contributed by atoms with van der Waals surface area (Å²) in [5.41, 5.74) is -0.194. The highest BCUT2D eigenvalue weighted by Crippen LogP contribution is 2.31. The van der Waals surface area contributed by atoms with E-state index in [1.807, 2.05) is 60.7 Å². The Morgan fingerprint density at radius 2 is 0.943 bits per heavy atom. The lowest BCUT2D eigenvalue weighted by Crippen LogP contribution is -2.32. The van der Waals surface area contributed by atoms with Gasteiger partial charge in [0.1, 0.15) is 5.78 Å². The molecule has 5 heteroatoms. The van der Waals surface area contributed by atoms with Crippen LogP contribution in [0.2, 0.25) is 0 Å². The van der Waals surface area contributed by atoms with Crippen molar-refractivity contribution in [2.75, 3.05) is 0 Å². The number of benzene rings is 2. The molecule has 0 heterocycles. The molecule has 0 spiro atoms. The van der Waals surface area contributed by atoms with E-state index >= 15 is 0 Å². The summed E-state index contributed by atoms with van der Waals surface area (Å²) in [7, 11) is 0. The van der Waals surface area contributed by atoms with Crippen LogP contribution in [0, 0.1) is 0 Å². The zero-order valence-electron chi connectivity index (χ0n) is 20.5. The number of hydrogen-bond acceptors (Lipinski definition) is 3. The summed E-state index contributed by atoms with van der Waals surface area (Å²) in [5, 5.41) is 19.5. The van der Waals surface area contributed by atoms with Crippen LogP contribution in [0.3, 0.4) is 0 Å². The minimum Gasteiger partial charge on any atom is -0.481 e. The van der Waals surface area contributed by atoms with E-state index in [0.29, 0.717) is 25.7 Å². The van der Waals surface area contributed by atoms with E-state index in [1.165, 1.54) is 0 Å². The Balaban J connectivity index is 0.00000612. The van der Waals surface area contributed by atoms with Crippen LogP contribution >= 0.6 is 0 Å². The molecule has 2 aromatic carbocycles. The number of Topliss-reactive ketones (excluding diaryl/α,β-unsaturated/α-hetero) is 1. The SMILES string of the molecule is C.CC(CCCCCC(=O)CCCCCC(C)(C(=O)O)c1ccccc1)(C(=O)O)c1ccccc1. The van der Waals surface area contributed by atoms with Crippen LogP contribution in [-0.2, 0) is 25.2 Å². The van der Waals surface area contributed by atoms with Crippen molar-refractivity contribution in [1.82, 2.24) is 0 Å². The van der Waals surface area contributed by atoms with Gasteiger partial charge in [0.15, 0.2) is 0 Å². The fourth-order valence-electron chi connectivity index (χ4n) is 4.44. The standard InChI is InChI=1S/C29H38O5.CH4/c1-28(26(31)32,23-15-7-3-8-16-23)21-13-5-11-19-25(30)20-12-6-14-22-29(2,27(33)34)24-17-9-4-10-18-24;/h3-4,7-10,15-18H,5-6,11-14,19-22H2,1-2H3,(H,31,32)(H,33,34);1H4. The summed E-state index contributed by atoms with van der Waals surface area (Å²) in [6, 6.07) is 18.6. The van der Waals surface area contributed by atoms with Crippen LogP contribution in [0.4, 0.5) is 0 Å². The van der Waals surface area contributed by atoms with Crippen LogP contribution < -0.4 is 0 Å². The molecule has 0 saturated heterocycles. The molecule has 2 aromatic rings. The Morgan fingerprint density at radius 1 is 0.600 bits per heavy atom. The van der Waals surface area contributed by atoms with Crippen molar-refractivity contribution in [1.29, 1.82) is 0 Å². The summed E-state index contributed by atoms with van der Waals surface area (Å²) in [6.45, 7) is 3.53. The number of hydrogen-bond donors (Lipinski definition) is 2. The first-order chi connectivity index (χ1) is 16.2. The van der Waals surface area contributed by atoms with Crippen molar-refractivity contribution in [3.63, 3.8) is 0 Å². The second-order valence-electron chi connectivity index (χ2n) is 9.67. The number of carboxylic acid groups (broad SMARTS) is 2. The normalized spacial score (nSPS) is 14.2. The first-order valence-corrected chi connectivity index (χ1v) is 12.3. The summed E-state index contributed by atoms with van der Waals surface area (Å²) < 4.78 is 0. The van der Waals surface area contributed by atoms with E-state index < -0.39 is 22.8 Å². The van der Waals surface area contributed by atoms with Gasteiger partial charge in [-0.25, -0.2) is 0 Å². The van der Waals surface area contributed by atoms with Gasteiger partial charge in [-0.3, -0.25) is 14.4 Å². The Hall–Kier alpha value is -2.95. The van der Waals surface area contributed by atoms with Crippen molar-refractivity contribution in [2.45, 2.75) is 96.3 Å². The van der Waals surface area contributed by atoms with Gasteiger partial charge in [-0.1, -0.05) is 93.8 Å². The minimum atomic E-state index is -0.907. The number of unbranched alkanes of at least 4 members (excludes halogenated alkanes) is 4. The third-order valence-corrected chi connectivity index (χ3v) is 7.03. The predicted molar refractivity (Wildman–Crippen MR) is 141 cm³/mol. The largest absolute Gasteiger partial charge is 0.481 e. The molecular formula is C30H42O5. The molecular weight excluding hydrogens is 440 g/mol. The van der Waals surface area contributed by atoms with E-state index in [2.05, 4.69) is 0 Å². The molecule has 0 aliphatic heterocycles.